The molecule has 1 aromatic carbocycles. The minimum absolute atomic E-state index is 0.279. The molecule has 3 aromatic rings. The summed E-state index contributed by atoms with van der Waals surface area (Å²) in [5, 5.41) is 14.5. The van der Waals surface area contributed by atoms with Crippen molar-refractivity contribution in [2.45, 2.75) is 12.8 Å². The maximum absolute atomic E-state index is 13.0. The Morgan fingerprint density at radius 1 is 1.33 bits per heavy atom. The first-order chi connectivity index (χ1) is 11.6. The molecule has 24 heavy (non-hydrogen) atoms. The zero-order chi connectivity index (χ0) is 16.7. The van der Waals surface area contributed by atoms with Gasteiger partial charge in [0.25, 0.3) is 0 Å². The van der Waals surface area contributed by atoms with E-state index in [-0.39, 0.29) is 11.7 Å². The van der Waals surface area contributed by atoms with Gasteiger partial charge in [-0.15, -0.1) is 5.10 Å². The number of carbonyl (C=O) groups is 1. The first-order valence-corrected chi connectivity index (χ1v) is 8.52. The Morgan fingerprint density at radius 2 is 2.12 bits per heavy atom. The molecule has 1 atom stereocenters. The van der Waals surface area contributed by atoms with Gasteiger partial charge in [-0.3, -0.25) is 4.79 Å². The SMILES string of the molecule is O=C(O)C1CCCN(c2nn3cc(-c4ccc(F)cc4)nc3s2)C1. The van der Waals surface area contributed by atoms with Crippen molar-refractivity contribution in [1.82, 2.24) is 14.6 Å². The first-order valence-electron chi connectivity index (χ1n) is 7.70. The van der Waals surface area contributed by atoms with Crippen molar-refractivity contribution >= 4 is 27.4 Å². The van der Waals surface area contributed by atoms with Crippen LogP contribution >= 0.6 is 11.3 Å². The van der Waals surface area contributed by atoms with Gasteiger partial charge < -0.3 is 10.0 Å². The van der Waals surface area contributed by atoms with E-state index < -0.39 is 5.97 Å². The summed E-state index contributed by atoms with van der Waals surface area (Å²) in [5.41, 5.74) is 1.57. The number of imidazole rings is 1. The molecule has 1 aliphatic heterocycles. The number of rotatable bonds is 3. The van der Waals surface area contributed by atoms with Crippen LogP contribution < -0.4 is 4.90 Å². The van der Waals surface area contributed by atoms with Crippen LogP contribution in [0.5, 0.6) is 0 Å². The van der Waals surface area contributed by atoms with Gasteiger partial charge in [-0.05, 0) is 37.1 Å². The molecule has 1 saturated heterocycles. The molecule has 6 nitrogen and oxygen atoms in total. The number of carboxylic acid groups (broad SMARTS) is 1. The van der Waals surface area contributed by atoms with Gasteiger partial charge in [-0.2, -0.15) is 0 Å². The van der Waals surface area contributed by atoms with Crippen LogP contribution in [-0.2, 0) is 4.79 Å². The Morgan fingerprint density at radius 3 is 2.83 bits per heavy atom. The summed E-state index contributed by atoms with van der Waals surface area (Å²) in [4.78, 5) is 18.5. The van der Waals surface area contributed by atoms with Gasteiger partial charge in [0.2, 0.25) is 10.1 Å². The smallest absolute Gasteiger partial charge is 0.308 e. The Kier molecular flexibility index (Phi) is 3.68. The minimum atomic E-state index is -0.750. The minimum Gasteiger partial charge on any atom is -0.481 e. The monoisotopic (exact) mass is 346 g/mol. The van der Waals surface area contributed by atoms with Gasteiger partial charge in [0.15, 0.2) is 0 Å². The average molecular weight is 346 g/mol. The molecule has 3 heterocycles. The molecular formula is C16H15FN4O2S. The third-order valence-electron chi connectivity index (χ3n) is 4.21. The zero-order valence-corrected chi connectivity index (χ0v) is 13.5. The predicted molar refractivity (Wildman–Crippen MR) is 88.8 cm³/mol. The van der Waals surface area contributed by atoms with Crippen LogP contribution in [0.15, 0.2) is 30.5 Å². The molecule has 1 N–H and O–H groups in total. The maximum atomic E-state index is 13.0. The van der Waals surface area contributed by atoms with Gasteiger partial charge in [-0.1, -0.05) is 11.3 Å². The maximum Gasteiger partial charge on any atom is 0.308 e. The fourth-order valence-electron chi connectivity index (χ4n) is 2.93. The molecule has 0 bridgehead atoms. The molecule has 0 saturated carbocycles. The van der Waals surface area contributed by atoms with Crippen molar-refractivity contribution in [3.63, 3.8) is 0 Å². The van der Waals surface area contributed by atoms with Crippen LogP contribution in [0.4, 0.5) is 9.52 Å². The fourth-order valence-corrected chi connectivity index (χ4v) is 3.85. The van der Waals surface area contributed by atoms with Crippen LogP contribution in [0.1, 0.15) is 12.8 Å². The summed E-state index contributed by atoms with van der Waals surface area (Å²) in [7, 11) is 0. The lowest BCUT2D eigenvalue weighted by Gasteiger charge is -2.29. The lowest BCUT2D eigenvalue weighted by molar-refractivity contribution is -0.141. The molecule has 1 unspecified atom stereocenters. The normalized spacial score (nSPS) is 18.2. The van der Waals surface area contributed by atoms with E-state index in [0.29, 0.717) is 13.0 Å². The van der Waals surface area contributed by atoms with E-state index in [0.717, 1.165) is 34.3 Å². The number of anilines is 1. The van der Waals surface area contributed by atoms with Gasteiger partial charge in [0.1, 0.15) is 5.82 Å². The number of halogens is 1. The second-order valence-corrected chi connectivity index (χ2v) is 6.80. The van der Waals surface area contributed by atoms with Gasteiger partial charge in [-0.25, -0.2) is 13.9 Å². The highest BCUT2D eigenvalue weighted by atomic mass is 32.1. The van der Waals surface area contributed by atoms with Crippen molar-refractivity contribution < 1.29 is 14.3 Å². The van der Waals surface area contributed by atoms with Crippen molar-refractivity contribution in [3.8, 4) is 11.3 Å². The number of nitrogens with zero attached hydrogens (tertiary/aromatic N) is 4. The molecule has 4 rings (SSSR count). The molecule has 1 aliphatic rings. The second kappa shape index (κ2) is 5.86. The molecular weight excluding hydrogens is 331 g/mol. The number of hydrogen-bond acceptors (Lipinski definition) is 5. The van der Waals surface area contributed by atoms with E-state index in [1.165, 1.54) is 23.5 Å². The Labute approximate surface area is 141 Å². The topological polar surface area (TPSA) is 70.7 Å². The van der Waals surface area contributed by atoms with E-state index >= 15 is 0 Å². The van der Waals surface area contributed by atoms with Crippen molar-refractivity contribution in [3.05, 3.63) is 36.3 Å². The molecule has 0 radical (unpaired) electrons. The van der Waals surface area contributed by atoms with Crippen molar-refractivity contribution in [1.29, 1.82) is 0 Å². The first kappa shape index (κ1) is 15.1. The number of aliphatic carboxylic acids is 1. The number of benzene rings is 1. The van der Waals surface area contributed by atoms with E-state index in [9.17, 15) is 14.3 Å². The fraction of sp³-hybridized carbons (Fsp3) is 0.312. The molecule has 124 valence electrons. The summed E-state index contributed by atoms with van der Waals surface area (Å²) < 4.78 is 14.7. The lowest BCUT2D eigenvalue weighted by atomic mass is 9.99. The van der Waals surface area contributed by atoms with Crippen LogP contribution in [0.3, 0.4) is 0 Å². The Hall–Kier alpha value is -2.48. The van der Waals surface area contributed by atoms with Gasteiger partial charge >= 0.3 is 5.97 Å². The summed E-state index contributed by atoms with van der Waals surface area (Å²) in [6, 6.07) is 6.18. The number of aromatic nitrogens is 3. The number of hydrogen-bond donors (Lipinski definition) is 1. The summed E-state index contributed by atoms with van der Waals surface area (Å²) >= 11 is 1.44. The van der Waals surface area contributed by atoms with Crippen LogP contribution in [0, 0.1) is 11.7 Å². The van der Waals surface area contributed by atoms with Crippen LogP contribution in [0.2, 0.25) is 0 Å². The van der Waals surface area contributed by atoms with E-state index in [1.807, 2.05) is 4.90 Å². The van der Waals surface area contributed by atoms with Crippen LogP contribution in [-0.4, -0.2) is 38.8 Å². The van der Waals surface area contributed by atoms with Crippen molar-refractivity contribution in [2.24, 2.45) is 5.92 Å². The third kappa shape index (κ3) is 2.73. The summed E-state index contributed by atoms with van der Waals surface area (Å²) in [5.74, 6) is -1.37. The summed E-state index contributed by atoms with van der Waals surface area (Å²) in [6.45, 7) is 1.29. The largest absolute Gasteiger partial charge is 0.481 e. The quantitative estimate of drug-likeness (QED) is 0.790. The zero-order valence-electron chi connectivity index (χ0n) is 12.7. The number of piperidine rings is 1. The van der Waals surface area contributed by atoms with E-state index in [2.05, 4.69) is 10.1 Å². The van der Waals surface area contributed by atoms with E-state index in [4.69, 9.17) is 0 Å². The molecule has 0 spiro atoms. The lowest BCUT2D eigenvalue weighted by Crippen LogP contribution is -2.38. The summed E-state index contributed by atoms with van der Waals surface area (Å²) in [6.07, 6.45) is 3.37. The Balaban J connectivity index is 1.59. The standard InChI is InChI=1S/C16H15FN4O2S/c17-12-5-3-10(4-6-12)13-9-21-15(18-13)24-16(19-21)20-7-1-2-11(8-20)14(22)23/h3-6,9,11H,1-2,7-8H2,(H,22,23). The average Bonchev–Trinajstić information content (AvgIpc) is 3.14. The highest BCUT2D eigenvalue weighted by Crippen LogP contribution is 2.29. The highest BCUT2D eigenvalue weighted by molar-refractivity contribution is 7.20. The molecule has 8 heteroatoms. The van der Waals surface area contributed by atoms with Gasteiger partial charge in [0, 0.05) is 18.7 Å². The van der Waals surface area contributed by atoms with E-state index in [1.54, 1.807) is 22.8 Å². The Bertz CT molecular complexity index is 858. The molecule has 0 amide bonds. The third-order valence-corrected chi connectivity index (χ3v) is 5.20. The highest BCUT2D eigenvalue weighted by Gasteiger charge is 2.27. The predicted octanol–water partition coefficient (Wildman–Crippen LogP) is 2.90. The number of fused-ring (bicyclic) bond motifs is 1. The van der Waals surface area contributed by atoms with Gasteiger partial charge in [0.05, 0.1) is 17.8 Å². The van der Waals surface area contributed by atoms with Crippen molar-refractivity contribution in [2.75, 3.05) is 18.0 Å². The second-order valence-electron chi connectivity index (χ2n) is 5.87. The molecule has 1 fully saturated rings. The molecule has 0 aliphatic carbocycles. The number of carboxylic acids is 1. The molecule has 2 aromatic heterocycles. The van der Waals surface area contributed by atoms with Crippen LogP contribution in [0.25, 0.3) is 16.2 Å².